The second-order valence-electron chi connectivity index (χ2n) is 5.06. The fourth-order valence-electron chi connectivity index (χ4n) is 1.91. The van der Waals surface area contributed by atoms with Crippen molar-refractivity contribution in [3.05, 3.63) is 59.7 Å². The zero-order valence-corrected chi connectivity index (χ0v) is 15.1. The Balaban J connectivity index is 0.000000324. The Morgan fingerprint density at radius 3 is 1.16 bits per heavy atom. The molecule has 0 radical (unpaired) electrons. The predicted octanol–water partition coefficient (Wildman–Crippen LogP) is 5.84. The minimum absolute atomic E-state index is 0. The van der Waals surface area contributed by atoms with Gasteiger partial charge in [0.2, 0.25) is 0 Å². The van der Waals surface area contributed by atoms with Crippen molar-refractivity contribution in [2.45, 2.75) is 52.4 Å². The van der Waals surface area contributed by atoms with E-state index >= 15 is 0 Å². The summed E-state index contributed by atoms with van der Waals surface area (Å²) in [5, 5.41) is 0. The van der Waals surface area contributed by atoms with Crippen molar-refractivity contribution in [2.24, 2.45) is 0 Å². The van der Waals surface area contributed by atoms with Gasteiger partial charge in [-0.1, -0.05) is 52.4 Å². The second-order valence-corrected chi connectivity index (χ2v) is 5.06. The van der Waals surface area contributed by atoms with Gasteiger partial charge in [0, 0.05) is 0 Å². The summed E-state index contributed by atoms with van der Waals surface area (Å²) in [5.74, 6) is 1.47. The summed E-state index contributed by atoms with van der Waals surface area (Å²) in [4.78, 5) is 0. The van der Waals surface area contributed by atoms with E-state index in [2.05, 4.69) is 76.2 Å². The normalized spacial score (nSPS) is 12.8. The van der Waals surface area contributed by atoms with E-state index in [4.69, 9.17) is 0 Å². The Kier molecular flexibility index (Phi) is 10.2. The molecule has 0 nitrogen and oxygen atoms in total. The molecule has 0 spiro atoms. The van der Waals surface area contributed by atoms with Gasteiger partial charge in [-0.25, -0.2) is 24.3 Å². The van der Waals surface area contributed by atoms with Crippen LogP contribution in [0, 0.1) is 0 Å². The molecule has 0 saturated carbocycles. The summed E-state index contributed by atoms with van der Waals surface area (Å²) in [6.45, 7) is 8.96. The van der Waals surface area contributed by atoms with Gasteiger partial charge < -0.3 is 0 Å². The van der Waals surface area contributed by atoms with Gasteiger partial charge in [-0.3, -0.25) is 0 Å². The monoisotopic (exact) mass is 332 g/mol. The predicted molar refractivity (Wildman–Crippen MR) is 81.5 cm³/mol. The zero-order chi connectivity index (χ0) is 13.4. The van der Waals surface area contributed by atoms with Crippen LogP contribution in [0.1, 0.15) is 63.5 Å². The van der Waals surface area contributed by atoms with Crippen LogP contribution in [-0.4, -0.2) is 0 Å². The van der Waals surface area contributed by atoms with E-state index in [1.165, 1.54) is 24.0 Å². The van der Waals surface area contributed by atoms with Crippen molar-refractivity contribution in [3.63, 3.8) is 0 Å². The molecule has 0 aliphatic rings. The molecule has 0 aliphatic carbocycles. The Morgan fingerprint density at radius 1 is 0.684 bits per heavy atom. The molecule has 2 aromatic rings. The molecular formula is C18H26Zr. The molecule has 0 heterocycles. The van der Waals surface area contributed by atoms with Crippen molar-refractivity contribution in [2.75, 3.05) is 0 Å². The van der Waals surface area contributed by atoms with Crippen LogP contribution in [0.3, 0.4) is 0 Å². The summed E-state index contributed by atoms with van der Waals surface area (Å²) < 4.78 is 0. The largest absolute Gasteiger partial charge is 2.00 e. The first-order valence-corrected chi connectivity index (χ1v) is 7.12. The summed E-state index contributed by atoms with van der Waals surface area (Å²) >= 11 is 0. The standard InChI is InChI=1S/2C9H13.Zr/c2*1-3-8(2)9-6-4-5-7-9;/h2*4-8H,3H2,1-2H3;/q2*-1;+2. The number of rotatable bonds is 4. The van der Waals surface area contributed by atoms with Gasteiger partial charge in [0.15, 0.2) is 0 Å². The summed E-state index contributed by atoms with van der Waals surface area (Å²) in [6, 6.07) is 17.1. The molecule has 0 aromatic heterocycles. The molecule has 2 aromatic carbocycles. The van der Waals surface area contributed by atoms with Crippen molar-refractivity contribution < 1.29 is 26.2 Å². The second kappa shape index (κ2) is 10.4. The molecular weight excluding hydrogens is 307 g/mol. The molecule has 19 heavy (non-hydrogen) atoms. The average molecular weight is 334 g/mol. The van der Waals surface area contributed by atoms with Crippen LogP contribution >= 0.6 is 0 Å². The molecule has 0 amide bonds. The third kappa shape index (κ3) is 6.52. The smallest absolute Gasteiger partial charge is 0.213 e. The Morgan fingerprint density at radius 2 is 0.947 bits per heavy atom. The van der Waals surface area contributed by atoms with Crippen LogP contribution in [0.5, 0.6) is 0 Å². The van der Waals surface area contributed by atoms with Crippen molar-refractivity contribution >= 4 is 0 Å². The Labute approximate surface area is 138 Å². The van der Waals surface area contributed by atoms with E-state index in [1.807, 2.05) is 0 Å². The molecule has 0 saturated heterocycles. The zero-order valence-electron chi connectivity index (χ0n) is 12.7. The van der Waals surface area contributed by atoms with Crippen LogP contribution in [0.25, 0.3) is 0 Å². The van der Waals surface area contributed by atoms with Crippen LogP contribution in [0.15, 0.2) is 48.5 Å². The molecule has 1 heteroatoms. The van der Waals surface area contributed by atoms with Crippen molar-refractivity contribution in [3.8, 4) is 0 Å². The summed E-state index contributed by atoms with van der Waals surface area (Å²) in [7, 11) is 0. The molecule has 0 bridgehead atoms. The Bertz CT molecular complexity index is 343. The van der Waals surface area contributed by atoms with Gasteiger partial charge in [-0.15, -0.1) is 0 Å². The molecule has 2 unspecified atom stereocenters. The van der Waals surface area contributed by atoms with Gasteiger partial charge in [0.1, 0.15) is 0 Å². The molecule has 0 aliphatic heterocycles. The summed E-state index contributed by atoms with van der Waals surface area (Å²) in [5.41, 5.74) is 2.94. The maximum Gasteiger partial charge on any atom is 2.00 e. The van der Waals surface area contributed by atoms with Crippen LogP contribution in [0.2, 0.25) is 0 Å². The van der Waals surface area contributed by atoms with Crippen molar-refractivity contribution in [1.29, 1.82) is 0 Å². The van der Waals surface area contributed by atoms with Crippen LogP contribution in [-0.2, 0) is 26.2 Å². The average Bonchev–Trinajstić information content (AvgIpc) is 3.09. The third-order valence-electron chi connectivity index (χ3n) is 3.74. The first-order chi connectivity index (χ1) is 8.69. The topological polar surface area (TPSA) is 0 Å². The van der Waals surface area contributed by atoms with E-state index in [-0.39, 0.29) is 26.2 Å². The van der Waals surface area contributed by atoms with Crippen LogP contribution in [0.4, 0.5) is 0 Å². The van der Waals surface area contributed by atoms with E-state index in [0.29, 0.717) is 0 Å². The van der Waals surface area contributed by atoms with E-state index < -0.39 is 0 Å². The fourth-order valence-corrected chi connectivity index (χ4v) is 1.91. The van der Waals surface area contributed by atoms with Gasteiger partial charge in [0.25, 0.3) is 0 Å². The first kappa shape index (κ1) is 18.6. The third-order valence-corrected chi connectivity index (χ3v) is 3.74. The maximum absolute atomic E-state index is 2.26. The quantitative estimate of drug-likeness (QED) is 0.617. The van der Waals surface area contributed by atoms with Gasteiger partial charge in [-0.05, 0) is 0 Å². The first-order valence-electron chi connectivity index (χ1n) is 7.12. The summed E-state index contributed by atoms with van der Waals surface area (Å²) in [6.07, 6.45) is 2.48. The van der Waals surface area contributed by atoms with Gasteiger partial charge in [0.05, 0.1) is 0 Å². The van der Waals surface area contributed by atoms with E-state index in [9.17, 15) is 0 Å². The minimum atomic E-state index is 0. The molecule has 0 N–H and O–H groups in total. The van der Waals surface area contributed by atoms with E-state index in [0.717, 1.165) is 11.8 Å². The van der Waals surface area contributed by atoms with Gasteiger partial charge >= 0.3 is 26.2 Å². The molecule has 2 atom stereocenters. The van der Waals surface area contributed by atoms with Crippen LogP contribution < -0.4 is 0 Å². The molecule has 102 valence electrons. The maximum atomic E-state index is 2.26. The minimum Gasteiger partial charge on any atom is -0.213 e. The fraction of sp³-hybridized carbons (Fsp3) is 0.444. The Hall–Kier alpha value is -0.417. The van der Waals surface area contributed by atoms with E-state index in [1.54, 1.807) is 0 Å². The van der Waals surface area contributed by atoms with Crippen molar-refractivity contribution in [1.82, 2.24) is 0 Å². The number of hydrogen-bond acceptors (Lipinski definition) is 0. The SMILES string of the molecule is CCC(C)[c-]1cccc1.CCC(C)[c-]1cccc1.[Zr+2]. The van der Waals surface area contributed by atoms with Gasteiger partial charge in [-0.2, -0.15) is 35.4 Å². The molecule has 2 rings (SSSR count). The molecule has 0 fully saturated rings. The number of hydrogen-bond donors (Lipinski definition) is 0.